The summed E-state index contributed by atoms with van der Waals surface area (Å²) in [7, 11) is 0. The molecule has 1 aliphatic rings. The molecule has 1 fully saturated rings. The number of hydrogen-bond acceptors (Lipinski definition) is 3. The van der Waals surface area contributed by atoms with Crippen molar-refractivity contribution < 1.29 is 14.3 Å². The summed E-state index contributed by atoms with van der Waals surface area (Å²) in [5.41, 5.74) is 0.684. The van der Waals surface area contributed by atoms with E-state index in [4.69, 9.17) is 4.74 Å². The van der Waals surface area contributed by atoms with Gasteiger partial charge in [0, 0.05) is 5.56 Å². The Hall–Kier alpha value is -1.64. The van der Waals surface area contributed by atoms with Crippen molar-refractivity contribution in [3.05, 3.63) is 35.9 Å². The molecule has 0 aliphatic heterocycles. The van der Waals surface area contributed by atoms with Gasteiger partial charge in [0.2, 0.25) is 0 Å². The molecule has 3 unspecified atom stereocenters. The van der Waals surface area contributed by atoms with Crippen LogP contribution in [-0.2, 0) is 9.53 Å². The standard InChI is InChI=1S/C17H22O3/c1-11-14(15(11)17(2,3)4)16(19)20-10-13(18)12-8-6-5-7-9-12/h5-9,11,14-15H,10H2,1-4H3. The summed E-state index contributed by atoms with van der Waals surface area (Å²) in [5, 5.41) is 0. The summed E-state index contributed by atoms with van der Waals surface area (Å²) >= 11 is 0. The van der Waals surface area contributed by atoms with Crippen molar-refractivity contribution in [2.24, 2.45) is 23.2 Å². The van der Waals surface area contributed by atoms with Crippen LogP contribution in [0.25, 0.3) is 0 Å². The third-order valence-corrected chi connectivity index (χ3v) is 4.09. The molecule has 1 aromatic rings. The highest BCUT2D eigenvalue weighted by molar-refractivity contribution is 5.98. The Bertz CT molecular complexity index is 499. The molecule has 1 aliphatic carbocycles. The van der Waals surface area contributed by atoms with Crippen LogP contribution < -0.4 is 0 Å². The first-order valence-corrected chi connectivity index (χ1v) is 7.07. The van der Waals surface area contributed by atoms with Crippen molar-refractivity contribution in [2.45, 2.75) is 27.7 Å². The molecule has 0 saturated heterocycles. The minimum Gasteiger partial charge on any atom is -0.457 e. The SMILES string of the molecule is CC1C(C(=O)OCC(=O)c2ccccc2)C1C(C)(C)C. The van der Waals surface area contributed by atoms with Gasteiger partial charge in [-0.25, -0.2) is 0 Å². The maximum absolute atomic E-state index is 12.0. The molecule has 2 rings (SSSR count). The summed E-state index contributed by atoms with van der Waals surface area (Å²) in [5.74, 6) is 0.246. The summed E-state index contributed by atoms with van der Waals surface area (Å²) in [4.78, 5) is 23.9. The zero-order chi connectivity index (χ0) is 14.9. The van der Waals surface area contributed by atoms with Gasteiger partial charge in [-0.3, -0.25) is 9.59 Å². The van der Waals surface area contributed by atoms with Crippen LogP contribution in [0.2, 0.25) is 0 Å². The van der Waals surface area contributed by atoms with Crippen LogP contribution in [-0.4, -0.2) is 18.4 Å². The van der Waals surface area contributed by atoms with E-state index in [2.05, 4.69) is 27.7 Å². The van der Waals surface area contributed by atoms with E-state index in [1.54, 1.807) is 24.3 Å². The van der Waals surface area contributed by atoms with E-state index in [1.165, 1.54) is 0 Å². The van der Waals surface area contributed by atoms with Crippen molar-refractivity contribution in [3.8, 4) is 0 Å². The van der Waals surface area contributed by atoms with Gasteiger partial charge in [0.15, 0.2) is 12.4 Å². The molecule has 1 aromatic carbocycles. The number of benzene rings is 1. The van der Waals surface area contributed by atoms with Crippen LogP contribution >= 0.6 is 0 Å². The lowest BCUT2D eigenvalue weighted by Crippen LogP contribution is -2.18. The lowest BCUT2D eigenvalue weighted by Gasteiger charge is -2.18. The Morgan fingerprint density at radius 3 is 2.25 bits per heavy atom. The molecule has 3 nitrogen and oxygen atoms in total. The number of esters is 1. The molecule has 20 heavy (non-hydrogen) atoms. The number of hydrogen-bond donors (Lipinski definition) is 0. The molecule has 3 atom stereocenters. The molecule has 0 N–H and O–H groups in total. The van der Waals surface area contributed by atoms with E-state index >= 15 is 0 Å². The Kier molecular flexibility index (Phi) is 3.98. The Balaban J connectivity index is 1.87. The Labute approximate surface area is 120 Å². The first kappa shape index (κ1) is 14.8. The second-order valence-corrected chi connectivity index (χ2v) is 6.67. The third-order valence-electron chi connectivity index (χ3n) is 4.09. The summed E-state index contributed by atoms with van der Waals surface area (Å²) in [6, 6.07) is 8.91. The van der Waals surface area contributed by atoms with Gasteiger partial charge in [0.1, 0.15) is 0 Å². The fourth-order valence-corrected chi connectivity index (χ4v) is 3.09. The number of carbonyl (C=O) groups is 2. The predicted molar refractivity (Wildman–Crippen MR) is 77.3 cm³/mol. The molecule has 0 aromatic heterocycles. The first-order chi connectivity index (χ1) is 9.32. The van der Waals surface area contributed by atoms with Crippen LogP contribution in [0.5, 0.6) is 0 Å². The summed E-state index contributed by atoms with van der Waals surface area (Å²) in [6.45, 7) is 8.31. The molecule has 108 valence electrons. The largest absolute Gasteiger partial charge is 0.457 e. The van der Waals surface area contributed by atoms with Gasteiger partial charge >= 0.3 is 5.97 Å². The van der Waals surface area contributed by atoms with Gasteiger partial charge in [0.05, 0.1) is 5.92 Å². The molecule has 0 bridgehead atoms. The van der Waals surface area contributed by atoms with Gasteiger partial charge in [-0.15, -0.1) is 0 Å². The molecule has 3 heteroatoms. The highest BCUT2D eigenvalue weighted by Crippen LogP contribution is 2.56. The monoisotopic (exact) mass is 274 g/mol. The van der Waals surface area contributed by atoms with Gasteiger partial charge in [-0.1, -0.05) is 58.0 Å². The van der Waals surface area contributed by atoms with E-state index in [0.29, 0.717) is 17.4 Å². The molecule has 0 amide bonds. The van der Waals surface area contributed by atoms with Crippen LogP contribution in [0.3, 0.4) is 0 Å². The number of rotatable bonds is 4. The number of Topliss-reactive ketones (excluding diaryl/α,β-unsaturated/α-hetero) is 1. The Morgan fingerprint density at radius 1 is 1.15 bits per heavy atom. The lowest BCUT2D eigenvalue weighted by atomic mass is 9.88. The fourth-order valence-electron chi connectivity index (χ4n) is 3.09. The topological polar surface area (TPSA) is 43.4 Å². The molecule has 0 heterocycles. The van der Waals surface area contributed by atoms with E-state index in [0.717, 1.165) is 0 Å². The lowest BCUT2D eigenvalue weighted by molar-refractivity contribution is -0.145. The minimum atomic E-state index is -0.235. The molecule has 0 spiro atoms. The van der Waals surface area contributed by atoms with Crippen LogP contribution in [0.1, 0.15) is 38.1 Å². The molecule has 0 radical (unpaired) electrons. The summed E-state index contributed by atoms with van der Waals surface area (Å²) < 4.78 is 5.19. The van der Waals surface area contributed by atoms with Gasteiger partial charge < -0.3 is 4.74 Å². The van der Waals surface area contributed by atoms with Gasteiger partial charge in [-0.05, 0) is 17.3 Å². The number of carbonyl (C=O) groups excluding carboxylic acids is 2. The fraction of sp³-hybridized carbons (Fsp3) is 0.529. The van der Waals surface area contributed by atoms with Gasteiger partial charge in [0.25, 0.3) is 0 Å². The third kappa shape index (κ3) is 3.09. The molecule has 1 saturated carbocycles. The maximum Gasteiger partial charge on any atom is 0.309 e. The normalized spacial score (nSPS) is 25.1. The Morgan fingerprint density at radius 2 is 1.75 bits per heavy atom. The van der Waals surface area contributed by atoms with Crippen molar-refractivity contribution in [1.29, 1.82) is 0 Å². The highest BCUT2D eigenvalue weighted by Gasteiger charge is 2.57. The zero-order valence-corrected chi connectivity index (χ0v) is 12.6. The summed E-state index contributed by atoms with van der Waals surface area (Å²) in [6.07, 6.45) is 0. The van der Waals surface area contributed by atoms with E-state index in [9.17, 15) is 9.59 Å². The van der Waals surface area contributed by atoms with Crippen molar-refractivity contribution >= 4 is 11.8 Å². The van der Waals surface area contributed by atoms with Crippen LogP contribution in [0.4, 0.5) is 0 Å². The maximum atomic E-state index is 12.0. The van der Waals surface area contributed by atoms with E-state index < -0.39 is 0 Å². The molecular weight excluding hydrogens is 252 g/mol. The quantitative estimate of drug-likeness (QED) is 0.624. The number of ether oxygens (including phenoxy) is 1. The zero-order valence-electron chi connectivity index (χ0n) is 12.6. The first-order valence-electron chi connectivity index (χ1n) is 7.07. The number of ketones is 1. The van der Waals surface area contributed by atoms with Crippen LogP contribution in [0, 0.1) is 23.2 Å². The van der Waals surface area contributed by atoms with Crippen molar-refractivity contribution in [2.75, 3.05) is 6.61 Å². The average Bonchev–Trinajstić information content (AvgIpc) is 3.08. The van der Waals surface area contributed by atoms with Gasteiger partial charge in [-0.2, -0.15) is 0 Å². The second-order valence-electron chi connectivity index (χ2n) is 6.67. The van der Waals surface area contributed by atoms with Crippen molar-refractivity contribution in [1.82, 2.24) is 0 Å². The van der Waals surface area contributed by atoms with E-state index in [1.807, 2.05) is 6.07 Å². The second kappa shape index (κ2) is 5.39. The van der Waals surface area contributed by atoms with Crippen LogP contribution in [0.15, 0.2) is 30.3 Å². The predicted octanol–water partition coefficient (Wildman–Crippen LogP) is 3.34. The minimum absolute atomic E-state index is 0.0569. The highest BCUT2D eigenvalue weighted by atomic mass is 16.5. The molecular formula is C17H22O3. The van der Waals surface area contributed by atoms with Crippen molar-refractivity contribution in [3.63, 3.8) is 0 Å². The average molecular weight is 274 g/mol. The smallest absolute Gasteiger partial charge is 0.309 e. The van der Waals surface area contributed by atoms with E-state index in [-0.39, 0.29) is 29.7 Å².